The van der Waals surface area contributed by atoms with Gasteiger partial charge in [0.2, 0.25) is 0 Å². The van der Waals surface area contributed by atoms with Crippen molar-refractivity contribution >= 4 is 12.1 Å². The number of benzene rings is 1. The lowest BCUT2D eigenvalue weighted by molar-refractivity contribution is -0.165. The predicted molar refractivity (Wildman–Crippen MR) is 76.5 cm³/mol. The third-order valence-electron chi connectivity index (χ3n) is 3.24. The quantitative estimate of drug-likeness (QED) is 0.318. The summed E-state index contributed by atoms with van der Waals surface area (Å²) in [6.45, 7) is 1.67. The fourth-order valence-electron chi connectivity index (χ4n) is 2.11. The molecule has 0 spiro atoms. The van der Waals surface area contributed by atoms with Crippen LogP contribution in [-0.4, -0.2) is 38.2 Å². The molecule has 1 heterocycles. The maximum absolute atomic E-state index is 11.5. The zero-order chi connectivity index (χ0) is 14.9. The van der Waals surface area contributed by atoms with Crippen LogP contribution in [0.25, 0.3) is 0 Å². The highest BCUT2D eigenvalue weighted by atomic mass is 16.7. The Morgan fingerprint density at radius 3 is 2.71 bits per heavy atom. The van der Waals surface area contributed by atoms with Crippen LogP contribution in [0.2, 0.25) is 0 Å². The molecule has 1 atom stereocenters. The molecular weight excluding hydrogens is 272 g/mol. The molecule has 0 aliphatic carbocycles. The first-order chi connectivity index (χ1) is 10.3. The van der Waals surface area contributed by atoms with Crippen LogP contribution >= 0.6 is 0 Å². The summed E-state index contributed by atoms with van der Waals surface area (Å²) in [4.78, 5) is 21.8. The molecule has 0 radical (unpaired) electrons. The lowest BCUT2D eigenvalue weighted by Crippen LogP contribution is -2.24. The first-order valence-corrected chi connectivity index (χ1v) is 7.22. The van der Waals surface area contributed by atoms with E-state index in [0.717, 1.165) is 25.9 Å². The molecule has 5 nitrogen and oxygen atoms in total. The van der Waals surface area contributed by atoms with Gasteiger partial charge in [0.15, 0.2) is 12.1 Å². The Balaban J connectivity index is 1.68. The maximum atomic E-state index is 11.5. The Bertz CT molecular complexity index is 448. The monoisotopic (exact) mass is 292 g/mol. The van der Waals surface area contributed by atoms with Gasteiger partial charge >= 0.3 is 0 Å². The van der Waals surface area contributed by atoms with Crippen molar-refractivity contribution in [3.63, 3.8) is 0 Å². The molecule has 1 fully saturated rings. The van der Waals surface area contributed by atoms with E-state index in [9.17, 15) is 9.59 Å². The minimum absolute atomic E-state index is 0.0879. The summed E-state index contributed by atoms with van der Waals surface area (Å²) in [6.07, 6.45) is 3.60. The average Bonchev–Trinajstić information content (AvgIpc) is 2.53. The third-order valence-corrected chi connectivity index (χ3v) is 3.24. The van der Waals surface area contributed by atoms with E-state index in [1.165, 1.54) is 0 Å². The van der Waals surface area contributed by atoms with Crippen LogP contribution in [0.3, 0.4) is 0 Å². The van der Waals surface area contributed by atoms with E-state index in [-0.39, 0.29) is 18.5 Å². The smallest absolute Gasteiger partial charge is 0.169 e. The van der Waals surface area contributed by atoms with Gasteiger partial charge in [0.25, 0.3) is 0 Å². The largest absolute Gasteiger partial charge is 0.491 e. The zero-order valence-electron chi connectivity index (χ0n) is 12.0. The molecule has 1 aliphatic rings. The molecule has 1 saturated heterocycles. The Kier molecular flexibility index (Phi) is 6.37. The topological polar surface area (TPSA) is 61.8 Å². The van der Waals surface area contributed by atoms with Crippen molar-refractivity contribution in [2.45, 2.75) is 32.0 Å². The second kappa shape index (κ2) is 8.54. The van der Waals surface area contributed by atoms with Gasteiger partial charge in [-0.1, -0.05) is 0 Å². The predicted octanol–water partition coefficient (Wildman–Crippen LogP) is 2.38. The minimum atomic E-state index is -0.186. The maximum Gasteiger partial charge on any atom is 0.169 e. The van der Waals surface area contributed by atoms with E-state index < -0.39 is 0 Å². The lowest BCUT2D eigenvalue weighted by Gasteiger charge is -2.22. The number of hydrogen-bond acceptors (Lipinski definition) is 5. The van der Waals surface area contributed by atoms with Crippen molar-refractivity contribution in [2.75, 3.05) is 19.8 Å². The first-order valence-electron chi connectivity index (χ1n) is 7.22. The molecule has 1 aliphatic heterocycles. The van der Waals surface area contributed by atoms with Crippen molar-refractivity contribution in [3.8, 4) is 5.75 Å². The van der Waals surface area contributed by atoms with Crippen molar-refractivity contribution < 1.29 is 23.8 Å². The number of ether oxygens (including phenoxy) is 3. The van der Waals surface area contributed by atoms with Crippen molar-refractivity contribution in [3.05, 3.63) is 29.8 Å². The highest BCUT2D eigenvalue weighted by molar-refractivity contribution is 6.02. The summed E-state index contributed by atoms with van der Waals surface area (Å²) in [6, 6.07) is 6.75. The molecule has 0 N–H and O–H groups in total. The molecule has 1 aromatic rings. The summed E-state index contributed by atoms with van der Waals surface area (Å²) in [5.74, 6) is 0.486. The Hall–Kier alpha value is -1.72. The molecule has 5 heteroatoms. The van der Waals surface area contributed by atoms with Crippen molar-refractivity contribution in [1.82, 2.24) is 0 Å². The Labute approximate surface area is 124 Å². The highest BCUT2D eigenvalue weighted by Gasteiger charge is 2.13. The third kappa shape index (κ3) is 5.28. The molecule has 114 valence electrons. The van der Waals surface area contributed by atoms with E-state index in [2.05, 4.69) is 0 Å². The number of hydrogen-bond donors (Lipinski definition) is 0. The van der Waals surface area contributed by atoms with Crippen LogP contribution in [0.15, 0.2) is 24.3 Å². The van der Waals surface area contributed by atoms with Gasteiger partial charge in [-0.2, -0.15) is 0 Å². The fourth-order valence-corrected chi connectivity index (χ4v) is 2.11. The molecule has 0 aromatic heterocycles. The zero-order valence-corrected chi connectivity index (χ0v) is 12.0. The van der Waals surface area contributed by atoms with Gasteiger partial charge in [0.05, 0.1) is 13.0 Å². The standard InChI is InChI=1S/C16H20O5/c17-9-8-15(18)13-4-6-14(7-5-13)19-11-12-21-16-3-1-2-10-20-16/h4-7,9,16H,1-3,8,10-12H2. The van der Waals surface area contributed by atoms with Crippen LogP contribution in [0, 0.1) is 0 Å². The normalized spacial score (nSPS) is 18.2. The minimum Gasteiger partial charge on any atom is -0.491 e. The number of carbonyl (C=O) groups is 2. The molecule has 0 amide bonds. The lowest BCUT2D eigenvalue weighted by atomic mass is 10.1. The molecule has 21 heavy (non-hydrogen) atoms. The highest BCUT2D eigenvalue weighted by Crippen LogP contribution is 2.15. The van der Waals surface area contributed by atoms with E-state index in [0.29, 0.717) is 30.8 Å². The number of rotatable bonds is 8. The Morgan fingerprint density at radius 1 is 1.24 bits per heavy atom. The molecule has 0 saturated carbocycles. The van der Waals surface area contributed by atoms with Crippen LogP contribution in [0.1, 0.15) is 36.0 Å². The number of Topliss-reactive ketones (excluding diaryl/α,β-unsaturated/α-hetero) is 1. The van der Waals surface area contributed by atoms with Gasteiger partial charge in [-0.05, 0) is 43.5 Å². The van der Waals surface area contributed by atoms with Crippen LogP contribution in [0.4, 0.5) is 0 Å². The van der Waals surface area contributed by atoms with E-state index >= 15 is 0 Å². The summed E-state index contributed by atoms with van der Waals surface area (Å²) < 4.78 is 16.5. The number of aldehydes is 1. The summed E-state index contributed by atoms with van der Waals surface area (Å²) in [5.41, 5.74) is 0.515. The Morgan fingerprint density at radius 2 is 2.05 bits per heavy atom. The van der Waals surface area contributed by atoms with Crippen LogP contribution in [0.5, 0.6) is 5.75 Å². The first kappa shape index (κ1) is 15.7. The molecular formula is C16H20O5. The number of ketones is 1. The van der Waals surface area contributed by atoms with E-state index in [4.69, 9.17) is 14.2 Å². The molecule has 0 bridgehead atoms. The van der Waals surface area contributed by atoms with Crippen LogP contribution < -0.4 is 4.74 Å². The SMILES string of the molecule is O=CCC(=O)c1ccc(OCCOC2CCCCO2)cc1. The fraction of sp³-hybridized carbons (Fsp3) is 0.500. The van der Waals surface area contributed by atoms with Crippen LogP contribution in [-0.2, 0) is 14.3 Å². The van der Waals surface area contributed by atoms with E-state index in [1.807, 2.05) is 0 Å². The van der Waals surface area contributed by atoms with Gasteiger partial charge in [0, 0.05) is 12.2 Å². The van der Waals surface area contributed by atoms with Crippen molar-refractivity contribution in [2.24, 2.45) is 0 Å². The second-order valence-electron chi connectivity index (χ2n) is 4.83. The molecule has 1 aromatic carbocycles. The average molecular weight is 292 g/mol. The van der Waals surface area contributed by atoms with Gasteiger partial charge in [-0.15, -0.1) is 0 Å². The van der Waals surface area contributed by atoms with Gasteiger partial charge in [-0.25, -0.2) is 0 Å². The molecule has 2 rings (SSSR count). The summed E-state index contributed by atoms with van der Waals surface area (Å²) in [7, 11) is 0. The molecule has 1 unspecified atom stereocenters. The summed E-state index contributed by atoms with van der Waals surface area (Å²) >= 11 is 0. The van der Waals surface area contributed by atoms with Gasteiger partial charge in [0.1, 0.15) is 18.6 Å². The van der Waals surface area contributed by atoms with Gasteiger partial charge in [-0.3, -0.25) is 4.79 Å². The van der Waals surface area contributed by atoms with Gasteiger partial charge < -0.3 is 19.0 Å². The second-order valence-corrected chi connectivity index (χ2v) is 4.83. The summed E-state index contributed by atoms with van der Waals surface area (Å²) in [5, 5.41) is 0. The van der Waals surface area contributed by atoms with E-state index in [1.54, 1.807) is 24.3 Å². The number of carbonyl (C=O) groups excluding carboxylic acids is 2. The van der Waals surface area contributed by atoms with Crippen molar-refractivity contribution in [1.29, 1.82) is 0 Å².